The first-order chi connectivity index (χ1) is 7.61. The molecule has 1 N–H and O–H groups in total. The van der Waals surface area contributed by atoms with Gasteiger partial charge in [0, 0.05) is 6.04 Å². The summed E-state index contributed by atoms with van der Waals surface area (Å²) < 4.78 is 0. The van der Waals surface area contributed by atoms with Crippen molar-refractivity contribution in [1.29, 1.82) is 0 Å². The fourth-order valence-corrected chi connectivity index (χ4v) is 3.71. The third-order valence-electron chi connectivity index (χ3n) is 4.83. The van der Waals surface area contributed by atoms with Gasteiger partial charge in [-0.1, -0.05) is 12.8 Å². The van der Waals surface area contributed by atoms with Crippen molar-refractivity contribution < 1.29 is 5.11 Å². The monoisotopic (exact) mass is 225 g/mol. The Hall–Kier alpha value is -0.0800. The highest BCUT2D eigenvalue weighted by molar-refractivity contribution is 4.90. The number of aliphatic hydroxyl groups is 1. The summed E-state index contributed by atoms with van der Waals surface area (Å²) in [6.45, 7) is 6.68. The molecule has 1 heterocycles. The normalized spacial score (nSPS) is 29.4. The molecule has 94 valence electrons. The van der Waals surface area contributed by atoms with E-state index in [2.05, 4.69) is 11.8 Å². The van der Waals surface area contributed by atoms with Gasteiger partial charge in [0.2, 0.25) is 0 Å². The maximum absolute atomic E-state index is 9.43. The van der Waals surface area contributed by atoms with Gasteiger partial charge in [0.05, 0.1) is 6.10 Å². The maximum Gasteiger partial charge on any atom is 0.0526 e. The van der Waals surface area contributed by atoms with Crippen LogP contribution in [-0.4, -0.2) is 35.2 Å². The number of nitrogens with zero attached hydrogens (tertiary/aromatic N) is 1. The van der Waals surface area contributed by atoms with Gasteiger partial charge in [0.15, 0.2) is 0 Å². The van der Waals surface area contributed by atoms with Crippen molar-refractivity contribution in [2.24, 2.45) is 5.41 Å². The van der Waals surface area contributed by atoms with Crippen LogP contribution in [0.15, 0.2) is 0 Å². The van der Waals surface area contributed by atoms with E-state index in [4.69, 9.17) is 0 Å². The molecule has 0 radical (unpaired) electrons. The van der Waals surface area contributed by atoms with Crippen LogP contribution in [0.1, 0.15) is 58.8 Å². The van der Waals surface area contributed by atoms with Crippen LogP contribution in [0, 0.1) is 5.41 Å². The fourth-order valence-electron chi connectivity index (χ4n) is 3.71. The van der Waals surface area contributed by atoms with Crippen LogP contribution >= 0.6 is 0 Å². The van der Waals surface area contributed by atoms with Crippen LogP contribution in [0.25, 0.3) is 0 Å². The van der Waals surface area contributed by atoms with Gasteiger partial charge in [-0.05, 0) is 64.5 Å². The van der Waals surface area contributed by atoms with Gasteiger partial charge in [-0.15, -0.1) is 0 Å². The molecule has 1 aliphatic heterocycles. The lowest BCUT2D eigenvalue weighted by Crippen LogP contribution is -2.44. The number of likely N-dealkylation sites (tertiary alicyclic amines) is 1. The molecule has 0 aromatic carbocycles. The molecular formula is C14H27NO. The Morgan fingerprint density at radius 3 is 2.12 bits per heavy atom. The van der Waals surface area contributed by atoms with Gasteiger partial charge in [0.1, 0.15) is 0 Å². The Balaban J connectivity index is 1.80. The number of aliphatic hydroxyl groups excluding tert-OH is 1. The minimum absolute atomic E-state index is 0.155. The second-order valence-electron chi connectivity index (χ2n) is 6.18. The van der Waals surface area contributed by atoms with E-state index in [-0.39, 0.29) is 6.10 Å². The summed E-state index contributed by atoms with van der Waals surface area (Å²) in [4.78, 5) is 2.58. The summed E-state index contributed by atoms with van der Waals surface area (Å²) in [5.41, 5.74) is 0.723. The van der Waals surface area contributed by atoms with Gasteiger partial charge in [-0.25, -0.2) is 0 Å². The zero-order valence-electron chi connectivity index (χ0n) is 10.9. The maximum atomic E-state index is 9.43. The summed E-state index contributed by atoms with van der Waals surface area (Å²) in [7, 11) is 0. The van der Waals surface area contributed by atoms with Crippen molar-refractivity contribution in [3.05, 3.63) is 0 Å². The van der Waals surface area contributed by atoms with E-state index < -0.39 is 0 Å². The average Bonchev–Trinajstić information content (AvgIpc) is 2.66. The number of rotatable bonds is 3. The van der Waals surface area contributed by atoms with Crippen LogP contribution < -0.4 is 0 Å². The highest BCUT2D eigenvalue weighted by atomic mass is 16.3. The Bertz CT molecular complexity index is 211. The first-order valence-electron chi connectivity index (χ1n) is 7.03. The van der Waals surface area contributed by atoms with Gasteiger partial charge in [0.25, 0.3) is 0 Å². The van der Waals surface area contributed by atoms with Crippen molar-refractivity contribution in [2.75, 3.05) is 13.1 Å². The lowest BCUT2D eigenvalue weighted by molar-refractivity contribution is 0.0585. The molecule has 2 unspecified atom stereocenters. The molecule has 2 nitrogen and oxygen atoms in total. The predicted octanol–water partition coefficient (Wildman–Crippen LogP) is 2.80. The second-order valence-corrected chi connectivity index (χ2v) is 6.18. The molecule has 16 heavy (non-hydrogen) atoms. The summed E-state index contributed by atoms with van der Waals surface area (Å²) in [6.07, 6.45) is 9.45. The molecule has 1 saturated carbocycles. The summed E-state index contributed by atoms with van der Waals surface area (Å²) >= 11 is 0. The third kappa shape index (κ3) is 2.78. The van der Waals surface area contributed by atoms with Crippen molar-refractivity contribution in [3.63, 3.8) is 0 Å². The first kappa shape index (κ1) is 12.4. The van der Waals surface area contributed by atoms with Crippen LogP contribution in [0.2, 0.25) is 0 Å². The molecule has 0 aromatic heterocycles. The van der Waals surface area contributed by atoms with Gasteiger partial charge >= 0.3 is 0 Å². The van der Waals surface area contributed by atoms with Gasteiger partial charge < -0.3 is 10.0 Å². The van der Waals surface area contributed by atoms with Crippen molar-refractivity contribution in [3.8, 4) is 0 Å². The fraction of sp³-hybridized carbons (Fsp3) is 1.00. The SMILES string of the molecule is CC(O)CC(C)N1CCC2(CCCC2)CC1. The van der Waals surface area contributed by atoms with E-state index in [1.807, 2.05) is 6.92 Å². The van der Waals surface area contributed by atoms with Crippen LogP contribution in [-0.2, 0) is 0 Å². The lowest BCUT2D eigenvalue weighted by Gasteiger charge is -2.42. The van der Waals surface area contributed by atoms with Gasteiger partial charge in [-0.3, -0.25) is 0 Å². The topological polar surface area (TPSA) is 23.5 Å². The Labute approximate surface area is 100 Å². The summed E-state index contributed by atoms with van der Waals surface area (Å²) in [6, 6.07) is 0.554. The molecule has 1 spiro atoms. The van der Waals surface area contributed by atoms with E-state index in [0.29, 0.717) is 6.04 Å². The van der Waals surface area contributed by atoms with Crippen molar-refractivity contribution in [1.82, 2.24) is 4.90 Å². The Kier molecular flexibility index (Phi) is 3.91. The summed E-state index contributed by atoms with van der Waals surface area (Å²) in [5, 5.41) is 9.43. The van der Waals surface area contributed by atoms with E-state index in [0.717, 1.165) is 11.8 Å². The molecule has 0 aromatic rings. The summed E-state index contributed by atoms with van der Waals surface area (Å²) in [5.74, 6) is 0. The largest absolute Gasteiger partial charge is 0.393 e. The number of hydrogen-bond acceptors (Lipinski definition) is 2. The van der Waals surface area contributed by atoms with Crippen molar-refractivity contribution >= 4 is 0 Å². The van der Waals surface area contributed by atoms with Crippen LogP contribution in [0.3, 0.4) is 0 Å². The minimum Gasteiger partial charge on any atom is -0.393 e. The third-order valence-corrected chi connectivity index (χ3v) is 4.83. The Morgan fingerprint density at radius 1 is 1.06 bits per heavy atom. The molecule has 0 amide bonds. The second kappa shape index (κ2) is 5.05. The smallest absolute Gasteiger partial charge is 0.0526 e. The molecule has 2 fully saturated rings. The zero-order chi connectivity index (χ0) is 11.6. The highest BCUT2D eigenvalue weighted by Crippen LogP contribution is 2.46. The van der Waals surface area contributed by atoms with E-state index in [9.17, 15) is 5.11 Å². The molecule has 2 heteroatoms. The first-order valence-corrected chi connectivity index (χ1v) is 7.03. The molecule has 2 rings (SSSR count). The molecule has 2 aliphatic rings. The van der Waals surface area contributed by atoms with E-state index >= 15 is 0 Å². The number of piperidine rings is 1. The quantitative estimate of drug-likeness (QED) is 0.798. The average molecular weight is 225 g/mol. The standard InChI is InChI=1S/C14H27NO/c1-12(11-13(2)16)15-9-7-14(8-10-15)5-3-4-6-14/h12-13,16H,3-11H2,1-2H3. The van der Waals surface area contributed by atoms with Crippen LogP contribution in [0.4, 0.5) is 0 Å². The van der Waals surface area contributed by atoms with Crippen molar-refractivity contribution in [2.45, 2.75) is 70.9 Å². The molecule has 1 saturated heterocycles. The van der Waals surface area contributed by atoms with E-state index in [1.54, 1.807) is 0 Å². The number of hydrogen-bond donors (Lipinski definition) is 1. The molecular weight excluding hydrogens is 198 g/mol. The predicted molar refractivity (Wildman–Crippen MR) is 67.5 cm³/mol. The molecule has 1 aliphatic carbocycles. The van der Waals surface area contributed by atoms with Crippen LogP contribution in [0.5, 0.6) is 0 Å². The lowest BCUT2D eigenvalue weighted by atomic mass is 9.77. The minimum atomic E-state index is -0.155. The molecule has 2 atom stereocenters. The Morgan fingerprint density at radius 2 is 1.62 bits per heavy atom. The highest BCUT2D eigenvalue weighted by Gasteiger charge is 2.37. The van der Waals surface area contributed by atoms with E-state index in [1.165, 1.54) is 51.6 Å². The zero-order valence-corrected chi connectivity index (χ0v) is 10.9. The van der Waals surface area contributed by atoms with Gasteiger partial charge in [-0.2, -0.15) is 0 Å². The molecule has 0 bridgehead atoms.